The first-order valence-corrected chi connectivity index (χ1v) is 4.57. The summed E-state index contributed by atoms with van der Waals surface area (Å²) < 4.78 is 0. The maximum atomic E-state index is 11.1. The highest BCUT2D eigenvalue weighted by Crippen LogP contribution is 1.89. The molecule has 0 saturated heterocycles. The van der Waals surface area contributed by atoms with Crippen molar-refractivity contribution in [3.05, 3.63) is 12.3 Å². The summed E-state index contributed by atoms with van der Waals surface area (Å²) in [5, 5.41) is 2.47. The molecule has 5 heteroatoms. The molecule has 0 aromatic carbocycles. The fraction of sp³-hybridized carbons (Fsp3) is 0.556. The van der Waals surface area contributed by atoms with Crippen LogP contribution in [-0.2, 0) is 9.59 Å². The van der Waals surface area contributed by atoms with Crippen LogP contribution in [0.5, 0.6) is 0 Å². The molecule has 0 spiro atoms. The Hall–Kier alpha value is -1.36. The summed E-state index contributed by atoms with van der Waals surface area (Å²) in [5.41, 5.74) is 10.3. The summed E-state index contributed by atoms with van der Waals surface area (Å²) in [4.78, 5) is 21.6. The Bertz CT molecular complexity index is 226. The molecular weight excluding hydrogens is 182 g/mol. The van der Waals surface area contributed by atoms with E-state index in [0.717, 1.165) is 12.8 Å². The minimum absolute atomic E-state index is 0.131. The number of nitrogens with one attached hydrogen (secondary N) is 1. The van der Waals surface area contributed by atoms with Gasteiger partial charge in [-0.2, -0.15) is 0 Å². The number of hydrogen-bond donors (Lipinski definition) is 3. The van der Waals surface area contributed by atoms with Crippen LogP contribution < -0.4 is 16.8 Å². The third-order valence-electron chi connectivity index (χ3n) is 1.56. The molecule has 0 aliphatic carbocycles. The first-order chi connectivity index (χ1) is 6.57. The Balaban J connectivity index is 3.78. The van der Waals surface area contributed by atoms with Crippen molar-refractivity contribution in [3.8, 4) is 0 Å². The van der Waals surface area contributed by atoms with Crippen LogP contribution in [0.4, 0.5) is 0 Å². The fourth-order valence-electron chi connectivity index (χ4n) is 0.808. The first kappa shape index (κ1) is 12.6. The summed E-state index contributed by atoms with van der Waals surface area (Å²) in [6.07, 6.45) is 5.14. The normalized spacial score (nSPS) is 12.7. The molecule has 0 aromatic rings. The molecule has 5 N–H and O–H groups in total. The number of allylic oxidation sites excluding steroid dienone is 1. The van der Waals surface area contributed by atoms with E-state index in [0.29, 0.717) is 0 Å². The lowest BCUT2D eigenvalue weighted by atomic mass is 10.2. The van der Waals surface area contributed by atoms with Gasteiger partial charge in [-0.05, 0) is 12.6 Å². The Morgan fingerprint density at radius 3 is 2.64 bits per heavy atom. The van der Waals surface area contributed by atoms with Gasteiger partial charge in [0.1, 0.15) is 0 Å². The number of hydrogen-bond acceptors (Lipinski definition) is 3. The van der Waals surface area contributed by atoms with Gasteiger partial charge in [0, 0.05) is 0 Å². The van der Waals surface area contributed by atoms with Gasteiger partial charge in [0.15, 0.2) is 0 Å². The lowest BCUT2D eigenvalue weighted by molar-refractivity contribution is -0.125. The van der Waals surface area contributed by atoms with Gasteiger partial charge in [0.05, 0.1) is 12.5 Å². The van der Waals surface area contributed by atoms with Crippen LogP contribution in [0.15, 0.2) is 12.3 Å². The molecule has 0 rings (SSSR count). The number of unbranched alkanes of at least 4 members (excludes halogenated alkanes) is 1. The van der Waals surface area contributed by atoms with E-state index in [2.05, 4.69) is 5.32 Å². The second-order valence-corrected chi connectivity index (χ2v) is 2.98. The zero-order valence-corrected chi connectivity index (χ0v) is 8.32. The largest absolute Gasteiger partial charge is 0.370 e. The minimum atomic E-state index is -0.862. The zero-order chi connectivity index (χ0) is 11.0. The molecule has 80 valence electrons. The van der Waals surface area contributed by atoms with E-state index in [9.17, 15) is 9.59 Å². The van der Waals surface area contributed by atoms with Gasteiger partial charge in [0.25, 0.3) is 0 Å². The highest BCUT2D eigenvalue weighted by molar-refractivity contribution is 5.87. The third kappa shape index (κ3) is 6.19. The Morgan fingerprint density at radius 1 is 1.50 bits per heavy atom. The van der Waals surface area contributed by atoms with Gasteiger partial charge in [-0.1, -0.05) is 19.4 Å². The molecule has 0 unspecified atom stereocenters. The van der Waals surface area contributed by atoms with E-state index in [4.69, 9.17) is 11.5 Å². The third-order valence-corrected chi connectivity index (χ3v) is 1.56. The molecule has 5 nitrogen and oxygen atoms in total. The monoisotopic (exact) mass is 199 g/mol. The molecular formula is C9H17N3O2. The fourth-order valence-corrected chi connectivity index (χ4v) is 0.808. The number of carbonyl (C=O) groups excluding carboxylic acids is 2. The van der Waals surface area contributed by atoms with E-state index >= 15 is 0 Å². The first-order valence-electron chi connectivity index (χ1n) is 4.57. The van der Waals surface area contributed by atoms with Crippen molar-refractivity contribution in [2.45, 2.75) is 32.2 Å². The highest BCUT2D eigenvalue weighted by atomic mass is 16.2. The molecule has 2 amide bonds. The number of amides is 2. The topological polar surface area (TPSA) is 98.2 Å². The Morgan fingerprint density at radius 2 is 2.14 bits per heavy atom. The van der Waals surface area contributed by atoms with Crippen LogP contribution in [0.3, 0.4) is 0 Å². The van der Waals surface area contributed by atoms with E-state index < -0.39 is 17.9 Å². The van der Waals surface area contributed by atoms with Gasteiger partial charge in [-0.25, -0.2) is 0 Å². The molecule has 0 aromatic heterocycles. The van der Waals surface area contributed by atoms with Crippen molar-refractivity contribution in [1.82, 2.24) is 5.32 Å². The van der Waals surface area contributed by atoms with Gasteiger partial charge in [-0.3, -0.25) is 9.59 Å². The van der Waals surface area contributed by atoms with E-state index in [-0.39, 0.29) is 6.42 Å². The molecule has 0 aliphatic heterocycles. The van der Waals surface area contributed by atoms with Crippen LogP contribution >= 0.6 is 0 Å². The smallest absolute Gasteiger partial charge is 0.241 e. The van der Waals surface area contributed by atoms with Crippen molar-refractivity contribution < 1.29 is 9.59 Å². The van der Waals surface area contributed by atoms with Crippen molar-refractivity contribution in [1.29, 1.82) is 0 Å². The number of nitrogens with two attached hydrogens (primary N) is 2. The lowest BCUT2D eigenvalue weighted by Gasteiger charge is -2.06. The van der Waals surface area contributed by atoms with Crippen LogP contribution in [-0.4, -0.2) is 17.9 Å². The number of primary amides is 1. The van der Waals surface area contributed by atoms with E-state index in [1.54, 1.807) is 0 Å². The SMILES string of the molecule is CCCC=CNC(=O)[C@@H](N)CC(N)=O. The summed E-state index contributed by atoms with van der Waals surface area (Å²) in [7, 11) is 0. The van der Waals surface area contributed by atoms with E-state index in [1.165, 1.54) is 6.20 Å². The van der Waals surface area contributed by atoms with Crippen LogP contribution in [0.1, 0.15) is 26.2 Å². The maximum Gasteiger partial charge on any atom is 0.241 e. The molecule has 0 fully saturated rings. The summed E-state index contributed by atoms with van der Waals surface area (Å²) in [5.74, 6) is -0.971. The molecule has 0 radical (unpaired) electrons. The van der Waals surface area contributed by atoms with Crippen molar-refractivity contribution >= 4 is 11.8 Å². The Labute approximate surface area is 83.5 Å². The molecule has 0 heterocycles. The standard InChI is InChI=1S/C9H17N3O2/c1-2-3-4-5-12-9(14)7(10)6-8(11)13/h4-5,7H,2-3,6,10H2,1H3,(H2,11,13)(H,12,14)/t7-/m0/s1. The second-order valence-electron chi connectivity index (χ2n) is 2.98. The lowest BCUT2D eigenvalue weighted by Crippen LogP contribution is -2.41. The summed E-state index contributed by atoms with van der Waals surface area (Å²) in [6.45, 7) is 2.03. The van der Waals surface area contributed by atoms with Crippen molar-refractivity contribution in [2.75, 3.05) is 0 Å². The Kier molecular flexibility index (Phi) is 6.39. The average molecular weight is 199 g/mol. The van der Waals surface area contributed by atoms with E-state index in [1.807, 2.05) is 13.0 Å². The van der Waals surface area contributed by atoms with Gasteiger partial charge < -0.3 is 16.8 Å². The highest BCUT2D eigenvalue weighted by Gasteiger charge is 2.13. The molecule has 0 saturated carbocycles. The molecule has 0 bridgehead atoms. The van der Waals surface area contributed by atoms with Gasteiger partial charge in [-0.15, -0.1) is 0 Å². The molecule has 1 atom stereocenters. The van der Waals surface area contributed by atoms with Crippen LogP contribution in [0.2, 0.25) is 0 Å². The number of rotatable bonds is 6. The minimum Gasteiger partial charge on any atom is -0.370 e. The predicted octanol–water partition coefficient (Wildman–Crippen LogP) is -0.381. The maximum absolute atomic E-state index is 11.1. The zero-order valence-electron chi connectivity index (χ0n) is 8.32. The van der Waals surface area contributed by atoms with Crippen LogP contribution in [0, 0.1) is 0 Å². The van der Waals surface area contributed by atoms with Gasteiger partial charge >= 0.3 is 0 Å². The quantitative estimate of drug-likeness (QED) is 0.543. The summed E-state index contributed by atoms with van der Waals surface area (Å²) in [6, 6.07) is -0.862. The molecule has 0 aliphatic rings. The van der Waals surface area contributed by atoms with Crippen molar-refractivity contribution in [3.63, 3.8) is 0 Å². The van der Waals surface area contributed by atoms with Crippen LogP contribution in [0.25, 0.3) is 0 Å². The van der Waals surface area contributed by atoms with Crippen molar-refractivity contribution in [2.24, 2.45) is 11.5 Å². The summed E-state index contributed by atoms with van der Waals surface area (Å²) >= 11 is 0. The second kappa shape index (κ2) is 7.08. The molecule has 14 heavy (non-hydrogen) atoms. The predicted molar refractivity (Wildman–Crippen MR) is 54.0 cm³/mol. The number of carbonyl (C=O) groups is 2. The average Bonchev–Trinajstić information content (AvgIpc) is 2.11. The van der Waals surface area contributed by atoms with Gasteiger partial charge in [0.2, 0.25) is 11.8 Å².